The number of carboxylic acids is 1. The van der Waals surface area contributed by atoms with Gasteiger partial charge < -0.3 is 9.84 Å². The summed E-state index contributed by atoms with van der Waals surface area (Å²) in [6.07, 6.45) is 0. The molecule has 2 atom stereocenters. The Morgan fingerprint density at radius 3 is 2.79 bits per heavy atom. The zero-order valence-corrected chi connectivity index (χ0v) is 13.3. The number of carbonyl (C=O) groups is 1. The maximum atomic E-state index is 12.1. The first-order valence-electron chi connectivity index (χ1n) is 5.09. The average Bonchev–Trinajstić information content (AvgIpc) is 2.87. The molecule has 1 fully saturated rings. The van der Waals surface area contributed by atoms with Gasteiger partial charge in [0.05, 0.1) is 34.0 Å². The van der Waals surface area contributed by atoms with Crippen LogP contribution in [0.15, 0.2) is 14.1 Å². The van der Waals surface area contributed by atoms with E-state index >= 15 is 0 Å². The molecule has 2 unspecified atom stereocenters. The minimum Gasteiger partial charge on any atom is -0.481 e. The van der Waals surface area contributed by atoms with E-state index in [-0.39, 0.29) is 17.4 Å². The predicted molar refractivity (Wildman–Crippen MR) is 73.1 cm³/mol. The number of hydrogen-bond donors (Lipinski definition) is 2. The summed E-state index contributed by atoms with van der Waals surface area (Å²) in [4.78, 5) is 11.0. The molecule has 0 saturated carbocycles. The second-order valence-electron chi connectivity index (χ2n) is 3.90. The molecule has 1 saturated heterocycles. The molecule has 0 amide bonds. The van der Waals surface area contributed by atoms with Gasteiger partial charge in [-0.25, -0.2) is 13.1 Å². The fourth-order valence-electron chi connectivity index (χ4n) is 1.63. The number of halogens is 2. The van der Waals surface area contributed by atoms with Crippen LogP contribution in [-0.2, 0) is 19.6 Å². The van der Waals surface area contributed by atoms with Gasteiger partial charge in [-0.3, -0.25) is 4.79 Å². The van der Waals surface area contributed by atoms with Gasteiger partial charge in [0.2, 0.25) is 10.0 Å². The molecule has 2 rings (SSSR count). The lowest BCUT2D eigenvalue weighted by molar-refractivity contribution is -0.142. The van der Waals surface area contributed by atoms with Crippen LogP contribution in [0.4, 0.5) is 0 Å². The third-order valence-electron chi connectivity index (χ3n) is 2.59. The topological polar surface area (TPSA) is 92.7 Å². The summed E-state index contributed by atoms with van der Waals surface area (Å²) in [6, 6.07) is 0.534. The van der Waals surface area contributed by atoms with E-state index < -0.39 is 28.0 Å². The zero-order chi connectivity index (χ0) is 14.2. The summed E-state index contributed by atoms with van der Waals surface area (Å²) in [6.45, 7) is 0.0356. The number of nitrogens with one attached hydrogen (secondary N) is 1. The zero-order valence-electron chi connectivity index (χ0n) is 9.30. The molecule has 106 valence electrons. The van der Waals surface area contributed by atoms with Crippen molar-refractivity contribution in [3.05, 3.63) is 14.9 Å². The normalized spacial score (nSPS) is 23.7. The molecule has 2 N–H and O–H groups in total. The van der Waals surface area contributed by atoms with E-state index in [1.165, 1.54) is 6.07 Å². The molecule has 1 aromatic rings. The molecule has 10 heteroatoms. The fraction of sp³-hybridized carbons (Fsp3) is 0.444. The van der Waals surface area contributed by atoms with E-state index in [2.05, 4.69) is 20.7 Å². The highest BCUT2D eigenvalue weighted by Gasteiger charge is 2.37. The van der Waals surface area contributed by atoms with Crippen LogP contribution in [0.5, 0.6) is 0 Å². The molecule has 0 bridgehead atoms. The van der Waals surface area contributed by atoms with Crippen molar-refractivity contribution in [2.45, 2.75) is 10.3 Å². The number of aliphatic carboxylic acids is 1. The van der Waals surface area contributed by atoms with Crippen LogP contribution >= 0.6 is 38.9 Å². The van der Waals surface area contributed by atoms with Gasteiger partial charge in [0.15, 0.2) is 0 Å². The molecule has 1 aromatic heterocycles. The first-order chi connectivity index (χ1) is 8.81. The molecule has 0 aliphatic carbocycles. The lowest BCUT2D eigenvalue weighted by atomic mass is 10.1. The Bertz CT molecular complexity index is 582. The van der Waals surface area contributed by atoms with Gasteiger partial charge in [0, 0.05) is 0 Å². The van der Waals surface area contributed by atoms with E-state index in [4.69, 9.17) is 21.4 Å². The van der Waals surface area contributed by atoms with Crippen molar-refractivity contribution < 1.29 is 23.1 Å². The quantitative estimate of drug-likeness (QED) is 0.813. The summed E-state index contributed by atoms with van der Waals surface area (Å²) in [5.41, 5.74) is 0. The molecular formula is C9H9BrClNO5S2. The maximum absolute atomic E-state index is 12.1. The van der Waals surface area contributed by atoms with Crippen molar-refractivity contribution in [3.63, 3.8) is 0 Å². The van der Waals surface area contributed by atoms with E-state index in [1.54, 1.807) is 0 Å². The Balaban J connectivity index is 2.20. The number of thiophene rings is 1. The van der Waals surface area contributed by atoms with Gasteiger partial charge in [-0.2, -0.15) is 0 Å². The van der Waals surface area contributed by atoms with Gasteiger partial charge in [0.1, 0.15) is 4.21 Å². The van der Waals surface area contributed by atoms with Crippen molar-refractivity contribution in [1.29, 1.82) is 0 Å². The number of ether oxygens (including phenoxy) is 1. The van der Waals surface area contributed by atoms with Crippen molar-refractivity contribution >= 4 is 54.9 Å². The van der Waals surface area contributed by atoms with Crippen molar-refractivity contribution in [2.75, 3.05) is 13.2 Å². The number of sulfonamides is 1. The summed E-state index contributed by atoms with van der Waals surface area (Å²) in [5.74, 6) is -1.97. The molecule has 0 aromatic carbocycles. The predicted octanol–water partition coefficient (Wildman–Crippen LogP) is 1.54. The van der Waals surface area contributed by atoms with E-state index in [0.29, 0.717) is 8.81 Å². The van der Waals surface area contributed by atoms with Crippen LogP contribution in [0, 0.1) is 5.92 Å². The molecule has 1 aliphatic rings. The summed E-state index contributed by atoms with van der Waals surface area (Å²) in [5, 5.41) is 9.25. The van der Waals surface area contributed by atoms with Gasteiger partial charge >= 0.3 is 5.97 Å². The summed E-state index contributed by atoms with van der Waals surface area (Å²) >= 11 is 9.88. The lowest BCUT2D eigenvalue weighted by Gasteiger charge is -2.14. The lowest BCUT2D eigenvalue weighted by Crippen LogP contribution is -2.42. The molecule has 1 aliphatic heterocycles. The molecule has 19 heavy (non-hydrogen) atoms. The van der Waals surface area contributed by atoms with Crippen LogP contribution in [0.3, 0.4) is 0 Å². The highest BCUT2D eigenvalue weighted by molar-refractivity contribution is 9.11. The van der Waals surface area contributed by atoms with Gasteiger partial charge in [0.25, 0.3) is 0 Å². The van der Waals surface area contributed by atoms with Crippen LogP contribution in [0.1, 0.15) is 0 Å². The molecule has 0 spiro atoms. The van der Waals surface area contributed by atoms with E-state index in [9.17, 15) is 13.2 Å². The average molecular weight is 391 g/mol. The van der Waals surface area contributed by atoms with E-state index in [1.807, 2.05) is 0 Å². The second-order valence-corrected chi connectivity index (χ2v) is 8.62. The summed E-state index contributed by atoms with van der Waals surface area (Å²) in [7, 11) is -3.80. The highest BCUT2D eigenvalue weighted by atomic mass is 79.9. The summed E-state index contributed by atoms with van der Waals surface area (Å²) < 4.78 is 32.1. The maximum Gasteiger partial charge on any atom is 0.310 e. The second kappa shape index (κ2) is 5.66. The van der Waals surface area contributed by atoms with Crippen molar-refractivity contribution in [2.24, 2.45) is 5.92 Å². The minimum atomic E-state index is -3.80. The molecular weight excluding hydrogens is 382 g/mol. The highest BCUT2D eigenvalue weighted by Crippen LogP contribution is 2.34. The number of carboxylic acid groups (broad SMARTS) is 1. The third-order valence-corrected chi connectivity index (χ3v) is 7.03. The Labute approximate surface area is 126 Å². The van der Waals surface area contributed by atoms with Crippen molar-refractivity contribution in [1.82, 2.24) is 4.72 Å². The van der Waals surface area contributed by atoms with E-state index in [0.717, 1.165) is 11.3 Å². The first-order valence-corrected chi connectivity index (χ1v) is 8.56. The van der Waals surface area contributed by atoms with Gasteiger partial charge in [-0.15, -0.1) is 11.3 Å². The van der Waals surface area contributed by atoms with Crippen LogP contribution in [-0.4, -0.2) is 38.7 Å². The Morgan fingerprint density at radius 2 is 2.26 bits per heavy atom. The third kappa shape index (κ3) is 3.29. The van der Waals surface area contributed by atoms with Crippen LogP contribution in [0.25, 0.3) is 0 Å². The fourth-order valence-corrected chi connectivity index (χ4v) is 5.31. The smallest absolute Gasteiger partial charge is 0.310 e. The first kappa shape index (κ1) is 15.2. The van der Waals surface area contributed by atoms with Crippen LogP contribution in [0.2, 0.25) is 5.02 Å². The standard InChI is InChI=1S/C9H9BrClNO5S2/c10-8-5(11)1-7(18-8)19(15,16)12-6-3-17-2-4(6)9(13)14/h1,4,6,12H,2-3H2,(H,13,14). The Hall–Kier alpha value is -0.190. The van der Waals surface area contributed by atoms with Gasteiger partial charge in [-0.05, 0) is 22.0 Å². The largest absolute Gasteiger partial charge is 0.481 e. The van der Waals surface area contributed by atoms with Gasteiger partial charge in [-0.1, -0.05) is 11.6 Å². The molecule has 6 nitrogen and oxygen atoms in total. The molecule has 2 heterocycles. The van der Waals surface area contributed by atoms with Crippen LogP contribution < -0.4 is 4.72 Å². The van der Waals surface area contributed by atoms with Crippen molar-refractivity contribution in [3.8, 4) is 0 Å². The Morgan fingerprint density at radius 1 is 1.58 bits per heavy atom. The number of hydrogen-bond acceptors (Lipinski definition) is 5. The molecule has 0 radical (unpaired) electrons. The minimum absolute atomic E-state index is 0.00257. The SMILES string of the molecule is O=C(O)C1COCC1NS(=O)(=O)c1cc(Cl)c(Br)s1. The monoisotopic (exact) mass is 389 g/mol. The Kier molecular flexibility index (Phi) is 4.53. The number of rotatable bonds is 4.